The van der Waals surface area contributed by atoms with Crippen LogP contribution in [0, 0.1) is 5.82 Å². The highest BCUT2D eigenvalue weighted by Crippen LogP contribution is 2.21. The highest BCUT2D eigenvalue weighted by molar-refractivity contribution is 9.10. The van der Waals surface area contributed by atoms with Gasteiger partial charge >= 0.3 is 0 Å². The molecule has 0 spiro atoms. The van der Waals surface area contributed by atoms with Crippen LogP contribution in [-0.2, 0) is 4.74 Å². The average Bonchev–Trinajstić information content (AvgIpc) is 2.27. The number of halogens is 2. The normalized spacial score (nSPS) is 12.8. The quantitative estimate of drug-likeness (QED) is 0.812. The Morgan fingerprint density at radius 1 is 1.50 bits per heavy atom. The molecule has 1 unspecified atom stereocenters. The van der Waals surface area contributed by atoms with Gasteiger partial charge in [-0.1, -0.05) is 15.9 Å². The maximum Gasteiger partial charge on any atom is 0.128 e. The fourth-order valence-corrected chi connectivity index (χ4v) is 1.87. The first kappa shape index (κ1) is 13.6. The molecule has 0 saturated heterocycles. The standard InChI is InChI=1S/C12H17BrFNO/c1-9(15-6-3-7-16-2)11-8-10(13)4-5-12(11)14/h4-5,8-9,15H,3,6-7H2,1-2H3. The van der Waals surface area contributed by atoms with Crippen molar-refractivity contribution in [3.8, 4) is 0 Å². The number of benzene rings is 1. The lowest BCUT2D eigenvalue weighted by Crippen LogP contribution is -2.21. The second-order valence-electron chi connectivity index (χ2n) is 3.69. The van der Waals surface area contributed by atoms with Crippen LogP contribution in [0.25, 0.3) is 0 Å². The zero-order valence-corrected chi connectivity index (χ0v) is 11.2. The first-order chi connectivity index (χ1) is 7.65. The van der Waals surface area contributed by atoms with Crippen LogP contribution < -0.4 is 5.32 Å². The van der Waals surface area contributed by atoms with Crippen molar-refractivity contribution in [3.63, 3.8) is 0 Å². The van der Waals surface area contributed by atoms with Crippen LogP contribution in [0.1, 0.15) is 24.9 Å². The van der Waals surface area contributed by atoms with E-state index in [0.29, 0.717) is 5.56 Å². The fourth-order valence-electron chi connectivity index (χ4n) is 1.49. The van der Waals surface area contributed by atoms with Crippen LogP contribution in [0.3, 0.4) is 0 Å². The summed E-state index contributed by atoms with van der Waals surface area (Å²) < 4.78 is 19.4. The first-order valence-electron chi connectivity index (χ1n) is 5.32. The van der Waals surface area contributed by atoms with Crippen molar-refractivity contribution in [2.75, 3.05) is 20.3 Å². The Hall–Kier alpha value is -0.450. The molecule has 90 valence electrons. The molecule has 16 heavy (non-hydrogen) atoms. The van der Waals surface area contributed by atoms with Gasteiger partial charge in [-0.05, 0) is 38.1 Å². The minimum atomic E-state index is -0.171. The van der Waals surface area contributed by atoms with E-state index in [2.05, 4.69) is 21.2 Å². The maximum atomic E-state index is 13.5. The molecule has 0 fully saturated rings. The lowest BCUT2D eigenvalue weighted by Gasteiger charge is -2.15. The van der Waals surface area contributed by atoms with Gasteiger partial charge in [0, 0.05) is 29.8 Å². The van der Waals surface area contributed by atoms with E-state index in [1.165, 1.54) is 6.07 Å². The van der Waals surface area contributed by atoms with Crippen molar-refractivity contribution in [3.05, 3.63) is 34.1 Å². The molecule has 0 saturated carbocycles. The number of hydrogen-bond donors (Lipinski definition) is 1. The Morgan fingerprint density at radius 2 is 2.25 bits per heavy atom. The van der Waals surface area contributed by atoms with Crippen LogP contribution in [0.5, 0.6) is 0 Å². The molecule has 0 aliphatic carbocycles. The molecule has 0 aliphatic rings. The molecule has 0 amide bonds. The number of hydrogen-bond acceptors (Lipinski definition) is 2. The highest BCUT2D eigenvalue weighted by atomic mass is 79.9. The lowest BCUT2D eigenvalue weighted by atomic mass is 10.1. The van der Waals surface area contributed by atoms with E-state index in [1.807, 2.05) is 13.0 Å². The third-order valence-corrected chi connectivity index (χ3v) is 2.89. The van der Waals surface area contributed by atoms with Crippen LogP contribution in [0.15, 0.2) is 22.7 Å². The van der Waals surface area contributed by atoms with Crippen molar-refractivity contribution >= 4 is 15.9 Å². The fraction of sp³-hybridized carbons (Fsp3) is 0.500. The van der Waals surface area contributed by atoms with Gasteiger partial charge in [-0.25, -0.2) is 4.39 Å². The third-order valence-electron chi connectivity index (χ3n) is 2.40. The van der Waals surface area contributed by atoms with Gasteiger partial charge in [0.2, 0.25) is 0 Å². The Bertz CT molecular complexity index is 333. The van der Waals surface area contributed by atoms with Crippen LogP contribution in [0.4, 0.5) is 4.39 Å². The molecule has 0 aliphatic heterocycles. The second-order valence-corrected chi connectivity index (χ2v) is 4.60. The van der Waals surface area contributed by atoms with E-state index in [9.17, 15) is 4.39 Å². The van der Waals surface area contributed by atoms with E-state index in [-0.39, 0.29) is 11.9 Å². The Balaban J connectivity index is 2.51. The average molecular weight is 290 g/mol. The van der Waals surface area contributed by atoms with Gasteiger partial charge in [0.25, 0.3) is 0 Å². The highest BCUT2D eigenvalue weighted by Gasteiger charge is 2.10. The molecule has 0 heterocycles. The largest absolute Gasteiger partial charge is 0.385 e. The minimum Gasteiger partial charge on any atom is -0.385 e. The van der Waals surface area contributed by atoms with E-state index < -0.39 is 0 Å². The summed E-state index contributed by atoms with van der Waals surface area (Å²) in [6.45, 7) is 3.50. The van der Waals surface area contributed by atoms with Gasteiger partial charge in [-0.3, -0.25) is 0 Å². The molecule has 0 radical (unpaired) electrons. The zero-order chi connectivity index (χ0) is 12.0. The summed E-state index contributed by atoms with van der Waals surface area (Å²) in [7, 11) is 1.68. The summed E-state index contributed by atoms with van der Waals surface area (Å²) in [6.07, 6.45) is 0.927. The van der Waals surface area contributed by atoms with Crippen molar-refractivity contribution in [2.45, 2.75) is 19.4 Å². The Morgan fingerprint density at radius 3 is 2.94 bits per heavy atom. The maximum absolute atomic E-state index is 13.5. The molecule has 0 aromatic heterocycles. The van der Waals surface area contributed by atoms with Crippen molar-refractivity contribution in [2.24, 2.45) is 0 Å². The smallest absolute Gasteiger partial charge is 0.128 e. The predicted octanol–water partition coefficient (Wildman–Crippen LogP) is 3.28. The Labute approximate surface area is 104 Å². The lowest BCUT2D eigenvalue weighted by molar-refractivity contribution is 0.193. The summed E-state index contributed by atoms with van der Waals surface area (Å²) in [6, 6.07) is 5.00. The van der Waals surface area contributed by atoms with Crippen LogP contribution in [0.2, 0.25) is 0 Å². The molecule has 4 heteroatoms. The van der Waals surface area contributed by atoms with Crippen LogP contribution in [-0.4, -0.2) is 20.3 Å². The second kappa shape index (κ2) is 6.99. The van der Waals surface area contributed by atoms with Crippen molar-refractivity contribution < 1.29 is 9.13 Å². The minimum absolute atomic E-state index is 0.00866. The van der Waals surface area contributed by atoms with Crippen LogP contribution >= 0.6 is 15.9 Å². The molecule has 1 aromatic rings. The van der Waals surface area contributed by atoms with Gasteiger partial charge in [0.15, 0.2) is 0 Å². The molecule has 0 bridgehead atoms. The SMILES string of the molecule is COCCCNC(C)c1cc(Br)ccc1F. The molecule has 1 aromatic carbocycles. The molecular formula is C12H17BrFNO. The number of rotatable bonds is 6. The van der Waals surface area contributed by atoms with E-state index in [1.54, 1.807) is 13.2 Å². The monoisotopic (exact) mass is 289 g/mol. The zero-order valence-electron chi connectivity index (χ0n) is 9.59. The van der Waals surface area contributed by atoms with Gasteiger partial charge in [0.05, 0.1) is 0 Å². The summed E-state index contributed by atoms with van der Waals surface area (Å²) in [5, 5.41) is 3.26. The van der Waals surface area contributed by atoms with E-state index in [4.69, 9.17) is 4.74 Å². The molecule has 2 nitrogen and oxygen atoms in total. The summed E-state index contributed by atoms with van der Waals surface area (Å²) in [4.78, 5) is 0. The summed E-state index contributed by atoms with van der Waals surface area (Å²) >= 11 is 3.34. The summed E-state index contributed by atoms with van der Waals surface area (Å²) in [5.74, 6) is -0.171. The number of ether oxygens (including phenoxy) is 1. The van der Waals surface area contributed by atoms with Gasteiger partial charge in [-0.15, -0.1) is 0 Å². The molecular weight excluding hydrogens is 273 g/mol. The third kappa shape index (κ3) is 4.20. The van der Waals surface area contributed by atoms with Crippen molar-refractivity contribution in [1.82, 2.24) is 5.32 Å². The number of nitrogens with one attached hydrogen (secondary N) is 1. The van der Waals surface area contributed by atoms with Crippen molar-refractivity contribution in [1.29, 1.82) is 0 Å². The van der Waals surface area contributed by atoms with E-state index >= 15 is 0 Å². The van der Waals surface area contributed by atoms with E-state index in [0.717, 1.165) is 24.0 Å². The van der Waals surface area contributed by atoms with Gasteiger partial charge < -0.3 is 10.1 Å². The first-order valence-corrected chi connectivity index (χ1v) is 6.11. The summed E-state index contributed by atoms with van der Waals surface area (Å²) in [5.41, 5.74) is 0.687. The Kier molecular flexibility index (Phi) is 5.95. The topological polar surface area (TPSA) is 21.3 Å². The molecule has 1 atom stereocenters. The van der Waals surface area contributed by atoms with Gasteiger partial charge in [-0.2, -0.15) is 0 Å². The number of methoxy groups -OCH3 is 1. The predicted molar refractivity (Wildman–Crippen MR) is 67.0 cm³/mol. The molecule has 1 rings (SSSR count). The molecule has 1 N–H and O–H groups in total. The van der Waals surface area contributed by atoms with Gasteiger partial charge in [0.1, 0.15) is 5.82 Å².